The molecule has 0 radical (unpaired) electrons. The van der Waals surface area contributed by atoms with E-state index in [9.17, 15) is 5.11 Å². The van der Waals surface area contributed by atoms with Crippen LogP contribution in [0.25, 0.3) is 0 Å². The van der Waals surface area contributed by atoms with Crippen LogP contribution in [0.3, 0.4) is 0 Å². The van der Waals surface area contributed by atoms with Gasteiger partial charge in [0.1, 0.15) is 0 Å². The van der Waals surface area contributed by atoms with Gasteiger partial charge in [0.25, 0.3) is 0 Å². The van der Waals surface area contributed by atoms with E-state index in [-0.39, 0.29) is 0 Å². The van der Waals surface area contributed by atoms with Crippen LogP contribution >= 0.6 is 0 Å². The molecular formula is C16H37N3O4Si. The molecule has 0 amide bonds. The number of hydrogen-bond acceptors (Lipinski definition) is 5. The number of aliphatic hydroxyl groups excluding tert-OH is 1. The van der Waals surface area contributed by atoms with Crippen LogP contribution in [0.1, 0.15) is 20.3 Å². The molecule has 0 saturated heterocycles. The predicted molar refractivity (Wildman–Crippen MR) is 101 cm³/mol. The van der Waals surface area contributed by atoms with Gasteiger partial charge in [0, 0.05) is 48.0 Å². The summed E-state index contributed by atoms with van der Waals surface area (Å²) in [5.74, 6) is 0.823. The summed E-state index contributed by atoms with van der Waals surface area (Å²) in [4.78, 5) is 8.25. The third kappa shape index (κ3) is 10.2. The van der Waals surface area contributed by atoms with Crippen molar-refractivity contribution in [2.45, 2.75) is 39.0 Å². The van der Waals surface area contributed by atoms with E-state index in [1.165, 1.54) is 0 Å². The van der Waals surface area contributed by atoms with Gasteiger partial charge in [-0.2, -0.15) is 0 Å². The normalized spacial score (nSPS) is 12.8. The molecule has 0 rings (SSSR count). The van der Waals surface area contributed by atoms with Crippen molar-refractivity contribution in [3.8, 4) is 0 Å². The molecule has 0 aliphatic carbocycles. The largest absolute Gasteiger partial charge is 0.395 e. The molecule has 1 unspecified atom stereocenters. The second-order valence-electron chi connectivity index (χ2n) is 6.26. The van der Waals surface area contributed by atoms with Gasteiger partial charge in [-0.25, -0.2) is 0 Å². The summed E-state index contributed by atoms with van der Waals surface area (Å²) in [6.45, 7) is 8.65. The molecule has 0 bridgehead atoms. The zero-order valence-electron chi connectivity index (χ0n) is 16.5. The summed E-state index contributed by atoms with van der Waals surface area (Å²) in [5.41, 5.74) is 0. The van der Waals surface area contributed by atoms with Gasteiger partial charge in [0.2, 0.25) is 0 Å². The lowest BCUT2D eigenvalue weighted by molar-refractivity contribution is 0.0407. The van der Waals surface area contributed by atoms with Crippen molar-refractivity contribution in [1.29, 1.82) is 0 Å². The third-order valence-electron chi connectivity index (χ3n) is 3.37. The molecule has 8 heteroatoms. The average molecular weight is 364 g/mol. The molecule has 1 N–H and O–H groups in total. The topological polar surface area (TPSA) is 66.8 Å². The maximum atomic E-state index is 9.98. The molecule has 1 atom stereocenters. The van der Waals surface area contributed by atoms with Gasteiger partial charge in [-0.05, 0) is 32.9 Å². The van der Waals surface area contributed by atoms with Crippen LogP contribution in [0.5, 0.6) is 0 Å². The number of ether oxygens (including phenoxy) is 1. The van der Waals surface area contributed by atoms with Crippen LogP contribution < -0.4 is 0 Å². The number of aliphatic hydroxyl groups is 1. The molecule has 0 saturated carbocycles. The first-order valence-electron chi connectivity index (χ1n) is 8.68. The van der Waals surface area contributed by atoms with Crippen LogP contribution in [-0.4, -0.2) is 96.7 Å². The maximum absolute atomic E-state index is 9.98. The van der Waals surface area contributed by atoms with Crippen LogP contribution in [0.15, 0.2) is 4.99 Å². The number of aliphatic imine (C=N–C) groups is 1. The number of hydrogen-bond donors (Lipinski definition) is 1. The smallest absolute Gasteiger partial charge is 0.334 e. The Balaban J connectivity index is 4.04. The minimum Gasteiger partial charge on any atom is -0.395 e. The molecule has 0 aromatic heterocycles. The molecule has 0 aromatic carbocycles. The van der Waals surface area contributed by atoms with Crippen molar-refractivity contribution in [1.82, 2.24) is 9.80 Å². The minimum atomic E-state index is -2.06. The maximum Gasteiger partial charge on any atom is 0.334 e. The third-order valence-corrected chi connectivity index (χ3v) is 6.43. The Morgan fingerprint density at radius 3 is 2.08 bits per heavy atom. The Morgan fingerprint density at radius 2 is 1.62 bits per heavy atom. The van der Waals surface area contributed by atoms with Gasteiger partial charge in [0.05, 0.1) is 19.3 Å². The SMILES string of the molecule is CCO[Si](C)(CCCOCC(O)CN=C(N(C)C)N(C)C)OCC. The monoisotopic (exact) mass is 363 g/mol. The summed E-state index contributed by atoms with van der Waals surface area (Å²) >= 11 is 0. The van der Waals surface area contributed by atoms with Crippen LogP contribution in [0, 0.1) is 0 Å². The quantitative estimate of drug-likeness (QED) is 0.245. The van der Waals surface area contributed by atoms with Crippen LogP contribution in [0.2, 0.25) is 12.6 Å². The Morgan fingerprint density at radius 1 is 1.08 bits per heavy atom. The molecule has 0 spiro atoms. The number of guanidine groups is 1. The Labute approximate surface area is 148 Å². The predicted octanol–water partition coefficient (Wildman–Crippen LogP) is 1.38. The van der Waals surface area contributed by atoms with Gasteiger partial charge in [0.15, 0.2) is 5.96 Å². The molecule has 24 heavy (non-hydrogen) atoms. The summed E-state index contributed by atoms with van der Waals surface area (Å²) in [7, 11) is 5.66. The molecule has 144 valence electrons. The zero-order chi connectivity index (χ0) is 18.6. The van der Waals surface area contributed by atoms with Gasteiger partial charge in [-0.1, -0.05) is 0 Å². The Kier molecular flexibility index (Phi) is 12.3. The van der Waals surface area contributed by atoms with E-state index in [0.29, 0.717) is 33.0 Å². The fourth-order valence-corrected chi connectivity index (χ4v) is 4.81. The van der Waals surface area contributed by atoms with Crippen molar-refractivity contribution in [3.05, 3.63) is 0 Å². The highest BCUT2D eigenvalue weighted by Crippen LogP contribution is 2.15. The summed E-state index contributed by atoms with van der Waals surface area (Å²) in [6.07, 6.45) is 0.279. The highest BCUT2D eigenvalue weighted by molar-refractivity contribution is 6.66. The molecular weight excluding hydrogens is 326 g/mol. The van der Waals surface area contributed by atoms with Crippen molar-refractivity contribution >= 4 is 14.5 Å². The lowest BCUT2D eigenvalue weighted by Gasteiger charge is -2.25. The van der Waals surface area contributed by atoms with E-state index >= 15 is 0 Å². The second kappa shape index (κ2) is 12.7. The molecule has 7 nitrogen and oxygen atoms in total. The van der Waals surface area contributed by atoms with Gasteiger partial charge in [-0.15, -0.1) is 0 Å². The van der Waals surface area contributed by atoms with Gasteiger partial charge >= 0.3 is 8.56 Å². The molecule has 0 aliphatic rings. The van der Waals surface area contributed by atoms with Crippen molar-refractivity contribution in [3.63, 3.8) is 0 Å². The first-order chi connectivity index (χ1) is 11.3. The van der Waals surface area contributed by atoms with E-state index in [4.69, 9.17) is 13.6 Å². The van der Waals surface area contributed by atoms with Crippen LogP contribution in [0.4, 0.5) is 0 Å². The molecule has 0 aromatic rings. The van der Waals surface area contributed by atoms with Gasteiger partial charge in [-0.3, -0.25) is 4.99 Å². The molecule has 0 heterocycles. The first kappa shape index (κ1) is 23.3. The Hall–Kier alpha value is -0.673. The van der Waals surface area contributed by atoms with Gasteiger partial charge < -0.3 is 28.5 Å². The standard InChI is InChI=1S/C16H37N3O4Si/c1-8-22-24(7,23-9-2)12-10-11-21-14-15(20)13-17-16(18(3)4)19(5)6/h15,20H,8-14H2,1-7H3. The van der Waals surface area contributed by atoms with E-state index in [1.54, 1.807) is 0 Å². The summed E-state index contributed by atoms with van der Waals surface area (Å²) in [6, 6.07) is 0.897. The van der Waals surface area contributed by atoms with E-state index in [2.05, 4.69) is 11.5 Å². The fraction of sp³-hybridized carbons (Fsp3) is 0.938. The summed E-state index contributed by atoms with van der Waals surface area (Å²) < 4.78 is 17.1. The van der Waals surface area contributed by atoms with Crippen molar-refractivity contribution < 1.29 is 18.7 Å². The van der Waals surface area contributed by atoms with Crippen LogP contribution in [-0.2, 0) is 13.6 Å². The minimum absolute atomic E-state index is 0.291. The van der Waals surface area contributed by atoms with E-state index in [1.807, 2.05) is 51.8 Å². The zero-order valence-corrected chi connectivity index (χ0v) is 17.5. The highest BCUT2D eigenvalue weighted by atomic mass is 28.4. The Bertz CT molecular complexity index is 338. The molecule has 0 fully saturated rings. The number of nitrogens with zero attached hydrogens (tertiary/aromatic N) is 3. The lowest BCUT2D eigenvalue weighted by Crippen LogP contribution is -2.39. The van der Waals surface area contributed by atoms with E-state index < -0.39 is 14.7 Å². The summed E-state index contributed by atoms with van der Waals surface area (Å²) in [5, 5.41) is 9.98. The lowest BCUT2D eigenvalue weighted by atomic mass is 10.4. The molecule has 0 aliphatic heterocycles. The second-order valence-corrected chi connectivity index (χ2v) is 9.61. The average Bonchev–Trinajstić information content (AvgIpc) is 2.46. The van der Waals surface area contributed by atoms with Crippen molar-refractivity contribution in [2.75, 3.05) is 61.2 Å². The first-order valence-corrected chi connectivity index (χ1v) is 11.2. The van der Waals surface area contributed by atoms with Crippen molar-refractivity contribution in [2.24, 2.45) is 4.99 Å². The van der Waals surface area contributed by atoms with E-state index in [0.717, 1.165) is 18.4 Å². The fourth-order valence-electron chi connectivity index (χ4n) is 2.43. The highest BCUT2D eigenvalue weighted by Gasteiger charge is 2.29. The number of rotatable bonds is 12.